The van der Waals surface area contributed by atoms with Gasteiger partial charge in [0.1, 0.15) is 18.1 Å². The maximum Gasteiger partial charge on any atom is 0.326 e. The van der Waals surface area contributed by atoms with Crippen LogP contribution >= 0.6 is 0 Å². The Morgan fingerprint density at radius 3 is 2.07 bits per heavy atom. The van der Waals surface area contributed by atoms with E-state index >= 15 is 0 Å². The summed E-state index contributed by atoms with van der Waals surface area (Å²) >= 11 is 0. The topological polar surface area (TPSA) is 273 Å². The highest BCUT2D eigenvalue weighted by atomic mass is 16.4. The Morgan fingerprint density at radius 1 is 0.810 bits per heavy atom. The van der Waals surface area contributed by atoms with Crippen LogP contribution in [0.2, 0.25) is 0 Å². The molecule has 0 fully saturated rings. The zero-order chi connectivity index (χ0) is 31.2. The largest absolute Gasteiger partial charge is 0.481 e. The molecule has 1 aromatic heterocycles. The van der Waals surface area contributed by atoms with Crippen molar-refractivity contribution in [3.05, 3.63) is 36.0 Å². The van der Waals surface area contributed by atoms with E-state index in [2.05, 4.69) is 20.9 Å². The molecule has 42 heavy (non-hydrogen) atoms. The van der Waals surface area contributed by atoms with Crippen LogP contribution in [0.5, 0.6) is 0 Å². The number of nitrogens with one attached hydrogen (secondary N) is 4. The van der Waals surface area contributed by atoms with Crippen molar-refractivity contribution in [3.63, 3.8) is 0 Å². The van der Waals surface area contributed by atoms with Crippen LogP contribution in [0.1, 0.15) is 50.5 Å². The van der Waals surface area contributed by atoms with Crippen LogP contribution in [0.3, 0.4) is 0 Å². The van der Waals surface area contributed by atoms with Crippen molar-refractivity contribution in [1.29, 1.82) is 0 Å². The summed E-state index contributed by atoms with van der Waals surface area (Å²) in [5.74, 6) is -5.76. The van der Waals surface area contributed by atoms with Gasteiger partial charge in [-0.05, 0) is 43.9 Å². The summed E-state index contributed by atoms with van der Waals surface area (Å²) in [5, 5.41) is 26.6. The lowest BCUT2D eigenvalue weighted by molar-refractivity contribution is -0.143. The number of carbonyl (C=O) groups is 6. The molecule has 2 aromatic rings. The third-order valence-electron chi connectivity index (χ3n) is 6.61. The van der Waals surface area contributed by atoms with E-state index in [0.29, 0.717) is 31.4 Å². The van der Waals surface area contributed by atoms with Gasteiger partial charge in [-0.15, -0.1) is 0 Å². The first-order valence-electron chi connectivity index (χ1n) is 13.6. The summed E-state index contributed by atoms with van der Waals surface area (Å²) in [6.45, 7) is 0.427. The second-order valence-corrected chi connectivity index (χ2v) is 9.91. The summed E-state index contributed by atoms with van der Waals surface area (Å²) in [4.78, 5) is 76.6. The number of unbranched alkanes of at least 4 members (excludes halogenated alkanes) is 1. The first-order valence-corrected chi connectivity index (χ1v) is 13.6. The third-order valence-corrected chi connectivity index (χ3v) is 6.61. The van der Waals surface area contributed by atoms with Crippen molar-refractivity contribution in [2.75, 3.05) is 6.54 Å². The number of carboxylic acid groups (broad SMARTS) is 2. The van der Waals surface area contributed by atoms with E-state index in [-0.39, 0.29) is 25.7 Å². The summed E-state index contributed by atoms with van der Waals surface area (Å²) in [6.07, 6.45) is 1.78. The van der Waals surface area contributed by atoms with Crippen molar-refractivity contribution in [1.82, 2.24) is 20.9 Å². The average molecular weight is 590 g/mol. The number of fused-ring (bicyclic) bond motifs is 1. The lowest BCUT2D eigenvalue weighted by Crippen LogP contribution is -2.57. The number of rotatable bonds is 19. The van der Waals surface area contributed by atoms with Crippen LogP contribution in [-0.2, 0) is 35.2 Å². The molecule has 15 nitrogen and oxygen atoms in total. The number of hydrogen-bond donors (Lipinski definition) is 9. The van der Waals surface area contributed by atoms with E-state index in [1.54, 1.807) is 24.4 Å². The molecule has 0 saturated carbocycles. The van der Waals surface area contributed by atoms with Gasteiger partial charge in [0, 0.05) is 36.4 Å². The zero-order valence-corrected chi connectivity index (χ0v) is 23.1. The first kappa shape index (κ1) is 33.7. The molecule has 0 radical (unpaired) electrons. The number of para-hydroxylation sites is 1. The SMILES string of the molecule is NCCCCC(N)C(=O)NC(CCC(N)=O)C(=O)NC(Cc1c[nH]c2ccccc12)C(=O)NC(CCC(=O)O)C(=O)O. The summed E-state index contributed by atoms with van der Waals surface area (Å²) in [5.41, 5.74) is 18.1. The van der Waals surface area contributed by atoms with Crippen LogP contribution in [0.25, 0.3) is 10.9 Å². The second kappa shape index (κ2) is 16.7. The van der Waals surface area contributed by atoms with Gasteiger partial charge in [-0.25, -0.2) is 4.79 Å². The molecule has 0 saturated heterocycles. The lowest BCUT2D eigenvalue weighted by Gasteiger charge is -2.25. The molecule has 4 unspecified atom stereocenters. The van der Waals surface area contributed by atoms with Gasteiger partial charge in [0.25, 0.3) is 0 Å². The molecule has 4 amide bonds. The monoisotopic (exact) mass is 589 g/mol. The molecular formula is C27H39N7O8. The van der Waals surface area contributed by atoms with Gasteiger partial charge in [0.15, 0.2) is 0 Å². The van der Waals surface area contributed by atoms with E-state index < -0.39 is 66.2 Å². The minimum Gasteiger partial charge on any atom is -0.481 e. The molecule has 0 aliphatic carbocycles. The highest BCUT2D eigenvalue weighted by molar-refractivity contribution is 5.95. The van der Waals surface area contributed by atoms with Gasteiger partial charge in [-0.2, -0.15) is 0 Å². The Bertz CT molecular complexity index is 1260. The predicted octanol–water partition coefficient (Wildman–Crippen LogP) is -1.16. The maximum atomic E-state index is 13.4. The minimum absolute atomic E-state index is 0.0814. The van der Waals surface area contributed by atoms with E-state index in [0.717, 1.165) is 10.9 Å². The van der Waals surface area contributed by atoms with Crippen LogP contribution in [0.15, 0.2) is 30.5 Å². The molecule has 0 aliphatic heterocycles. The number of hydrogen-bond acceptors (Lipinski definition) is 8. The van der Waals surface area contributed by atoms with Crippen LogP contribution < -0.4 is 33.2 Å². The molecule has 1 aromatic carbocycles. The number of carbonyl (C=O) groups excluding carboxylic acids is 4. The van der Waals surface area contributed by atoms with Crippen LogP contribution in [0, 0.1) is 0 Å². The second-order valence-electron chi connectivity index (χ2n) is 9.91. The number of H-pyrrole nitrogens is 1. The Morgan fingerprint density at radius 2 is 1.43 bits per heavy atom. The van der Waals surface area contributed by atoms with Gasteiger partial charge in [0.2, 0.25) is 23.6 Å². The van der Waals surface area contributed by atoms with Gasteiger partial charge >= 0.3 is 11.9 Å². The fourth-order valence-corrected chi connectivity index (χ4v) is 4.27. The lowest BCUT2D eigenvalue weighted by atomic mass is 10.0. The van der Waals surface area contributed by atoms with Crippen LogP contribution in [0.4, 0.5) is 0 Å². The highest BCUT2D eigenvalue weighted by Gasteiger charge is 2.31. The molecule has 15 heteroatoms. The van der Waals surface area contributed by atoms with Crippen molar-refractivity contribution in [2.24, 2.45) is 17.2 Å². The number of benzene rings is 1. The third kappa shape index (κ3) is 10.8. The number of aliphatic carboxylic acids is 2. The molecule has 2 rings (SSSR count). The number of nitrogens with two attached hydrogens (primary N) is 3. The normalized spacial score (nSPS) is 13.9. The van der Waals surface area contributed by atoms with Crippen molar-refractivity contribution in [3.8, 4) is 0 Å². The molecular weight excluding hydrogens is 550 g/mol. The molecule has 0 spiro atoms. The van der Waals surface area contributed by atoms with E-state index in [1.165, 1.54) is 0 Å². The minimum atomic E-state index is -1.53. The predicted molar refractivity (Wildman–Crippen MR) is 152 cm³/mol. The van der Waals surface area contributed by atoms with Crippen molar-refractivity contribution in [2.45, 2.75) is 75.5 Å². The van der Waals surface area contributed by atoms with Gasteiger partial charge < -0.3 is 48.3 Å². The number of aromatic amines is 1. The van der Waals surface area contributed by atoms with E-state index in [4.69, 9.17) is 22.3 Å². The summed E-state index contributed by atoms with van der Waals surface area (Å²) in [7, 11) is 0. The Hall–Kier alpha value is -4.50. The smallest absolute Gasteiger partial charge is 0.326 e. The zero-order valence-electron chi connectivity index (χ0n) is 23.1. The fourth-order valence-electron chi connectivity index (χ4n) is 4.27. The fraction of sp³-hybridized carbons (Fsp3) is 0.481. The molecule has 12 N–H and O–H groups in total. The average Bonchev–Trinajstić information content (AvgIpc) is 3.34. The highest BCUT2D eigenvalue weighted by Crippen LogP contribution is 2.19. The van der Waals surface area contributed by atoms with Gasteiger partial charge in [-0.3, -0.25) is 24.0 Å². The Balaban J connectivity index is 2.30. The summed E-state index contributed by atoms with van der Waals surface area (Å²) < 4.78 is 0. The molecule has 0 bridgehead atoms. The van der Waals surface area contributed by atoms with E-state index in [9.17, 15) is 33.9 Å². The van der Waals surface area contributed by atoms with Crippen molar-refractivity contribution < 1.29 is 39.0 Å². The summed E-state index contributed by atoms with van der Waals surface area (Å²) in [6, 6.07) is 2.09. The number of aromatic nitrogens is 1. The van der Waals surface area contributed by atoms with Gasteiger partial charge in [-0.1, -0.05) is 24.6 Å². The van der Waals surface area contributed by atoms with E-state index in [1.807, 2.05) is 6.07 Å². The number of amides is 4. The molecule has 1 heterocycles. The quantitative estimate of drug-likeness (QED) is 0.0886. The molecule has 4 atom stereocenters. The number of carboxylic acids is 2. The first-order chi connectivity index (χ1) is 19.9. The van der Waals surface area contributed by atoms with Gasteiger partial charge in [0.05, 0.1) is 6.04 Å². The standard InChI is InChI=1S/C27H39N7O8/c28-12-4-3-6-17(29)24(38)32-19(8-10-22(30)35)25(39)34-21(13-15-14-31-18-7-2-1-5-16(15)18)26(40)33-20(27(41)42)9-11-23(36)37/h1-2,5,7,14,17,19-21,31H,3-4,6,8-13,28-29H2,(H2,30,35)(H,32,38)(H,33,40)(H,34,39)(H,36,37)(H,41,42). The molecule has 0 aliphatic rings. The molecule has 230 valence electrons. The number of primary amides is 1. The Kier molecular flexibility index (Phi) is 13.4. The van der Waals surface area contributed by atoms with Crippen LogP contribution in [-0.4, -0.2) is 81.5 Å². The Labute approximate surface area is 241 Å². The van der Waals surface area contributed by atoms with Crippen molar-refractivity contribution >= 4 is 46.5 Å². The maximum absolute atomic E-state index is 13.4.